The largest absolute Gasteiger partial charge is 0.243 e. The summed E-state index contributed by atoms with van der Waals surface area (Å²) in [5.74, 6) is 0. The first-order valence-corrected chi connectivity index (χ1v) is 22.4. The van der Waals surface area contributed by atoms with Gasteiger partial charge in [-0.15, -0.1) is 0 Å². The highest BCUT2D eigenvalue weighted by Crippen LogP contribution is 2.40. The van der Waals surface area contributed by atoms with Gasteiger partial charge in [0.2, 0.25) is 0 Å². The average molecular weight is 835 g/mol. The number of aromatic nitrogens is 4. The summed E-state index contributed by atoms with van der Waals surface area (Å²) in [7, 11) is 0. The number of halogens is 2. The number of hydrogen-bond acceptors (Lipinski definition) is 5. The molecule has 0 N–H and O–H groups in total. The highest BCUT2D eigenvalue weighted by Gasteiger charge is 2.21. The molecule has 0 spiro atoms. The number of hydrogen-bond donors (Lipinski definition) is 0. The Hall–Kier alpha value is -2.22. The molecule has 0 amide bonds. The summed E-state index contributed by atoms with van der Waals surface area (Å²) in [6.45, 7) is 4.58. The molecule has 5 rings (SSSR count). The fourth-order valence-electron chi connectivity index (χ4n) is 7.14. The summed E-state index contributed by atoms with van der Waals surface area (Å²) in [6.07, 6.45) is 29.5. The predicted octanol–water partition coefficient (Wildman–Crippen LogP) is 15.4. The van der Waals surface area contributed by atoms with Crippen LogP contribution in [0.4, 0.5) is 0 Å². The monoisotopic (exact) mass is 832 g/mol. The molecule has 0 aliphatic carbocycles. The summed E-state index contributed by atoms with van der Waals surface area (Å²) in [5.41, 5.74) is 9.97. The molecule has 0 unspecified atom stereocenters. The maximum absolute atomic E-state index is 5.29. The molecule has 0 atom stereocenters. The molecule has 0 aliphatic rings. The van der Waals surface area contributed by atoms with Gasteiger partial charge in [-0.3, -0.25) is 0 Å². The minimum atomic E-state index is 0.799. The fourth-order valence-corrected chi connectivity index (χ4v) is 9.04. The number of fused-ring (bicyclic) bond motifs is 2. The third-order valence-electron chi connectivity index (χ3n) is 10.3. The summed E-state index contributed by atoms with van der Waals surface area (Å²) >= 11 is 8.82. The van der Waals surface area contributed by atoms with Crippen molar-refractivity contribution in [3.05, 3.63) is 68.6 Å². The summed E-state index contributed by atoms with van der Waals surface area (Å²) < 4.78 is 10.8. The van der Waals surface area contributed by atoms with Gasteiger partial charge in [-0.1, -0.05) is 178 Å². The number of nitrogens with zero attached hydrogens (tertiary/aromatic N) is 4. The van der Waals surface area contributed by atoms with Gasteiger partial charge in [0, 0.05) is 11.1 Å². The zero-order chi connectivity index (χ0) is 35.7. The molecule has 5 aromatic rings. The van der Waals surface area contributed by atoms with Crippen LogP contribution < -0.4 is 0 Å². The molecule has 274 valence electrons. The van der Waals surface area contributed by atoms with E-state index in [0.29, 0.717) is 0 Å². The third kappa shape index (κ3) is 11.9. The Kier molecular flexibility index (Phi) is 17.3. The molecule has 0 saturated heterocycles. The van der Waals surface area contributed by atoms with Crippen molar-refractivity contribution in [1.29, 1.82) is 0 Å². The van der Waals surface area contributed by atoms with Crippen LogP contribution in [0.2, 0.25) is 0 Å². The van der Waals surface area contributed by atoms with Crippen molar-refractivity contribution in [3.8, 4) is 22.5 Å². The maximum atomic E-state index is 5.29. The first-order chi connectivity index (χ1) is 25.1. The van der Waals surface area contributed by atoms with Gasteiger partial charge in [0.25, 0.3) is 0 Å². The number of rotatable bonds is 24. The van der Waals surface area contributed by atoms with Crippen molar-refractivity contribution in [1.82, 2.24) is 18.7 Å². The minimum absolute atomic E-state index is 0.799. The van der Waals surface area contributed by atoms with E-state index in [9.17, 15) is 0 Å². The number of unbranched alkanes of at least 4 members (excludes halogenated alkanes) is 18. The summed E-state index contributed by atoms with van der Waals surface area (Å²) in [6, 6.07) is 18.1. The predicted molar refractivity (Wildman–Crippen MR) is 228 cm³/mol. The lowest BCUT2D eigenvalue weighted by Gasteiger charge is -2.14. The SMILES string of the molecule is CCCCCCCCCCCCc1ccc(-c2nc3c(Br)c4nsnc4c(Br)c3nc2-c2ccc(CCCCCCCCCCCC)cc2)cc1. The van der Waals surface area contributed by atoms with Crippen molar-refractivity contribution in [3.63, 3.8) is 0 Å². The molecule has 4 nitrogen and oxygen atoms in total. The molecule has 0 fully saturated rings. The van der Waals surface area contributed by atoms with E-state index in [-0.39, 0.29) is 0 Å². The van der Waals surface area contributed by atoms with Crippen LogP contribution in [0.3, 0.4) is 0 Å². The Morgan fingerprint density at radius 1 is 0.412 bits per heavy atom. The molecule has 7 heteroatoms. The van der Waals surface area contributed by atoms with E-state index in [1.54, 1.807) is 0 Å². The molecule has 51 heavy (non-hydrogen) atoms. The molecule has 0 bridgehead atoms. The zero-order valence-corrected chi connectivity index (χ0v) is 35.1. The van der Waals surface area contributed by atoms with Crippen LogP contribution in [-0.2, 0) is 12.8 Å². The van der Waals surface area contributed by atoms with Crippen LogP contribution in [0.25, 0.3) is 44.6 Å². The smallest absolute Gasteiger partial charge is 0.122 e. The fraction of sp³-hybridized carbons (Fsp3) is 0.545. The van der Waals surface area contributed by atoms with Crippen LogP contribution in [0.5, 0.6) is 0 Å². The van der Waals surface area contributed by atoms with Gasteiger partial charge in [0.05, 0.1) is 32.1 Å². The standard InChI is InChI=1S/C44H58Br2N4S/c1-3-5-7-9-11-13-15-17-19-21-23-33-25-29-35(30-26-33)39-40(48-42-38(46)44-43(49-51-50-44)37(45)41(42)47-39)36-31-27-34(28-32-36)24-22-20-18-16-14-12-10-8-6-4-2/h25-32H,3-24H2,1-2H3. The van der Waals surface area contributed by atoms with Crippen LogP contribution in [0.1, 0.15) is 153 Å². The quantitative estimate of drug-likeness (QED) is 0.0581. The molecule has 0 aliphatic heterocycles. The van der Waals surface area contributed by atoms with Gasteiger partial charge in [-0.25, -0.2) is 9.97 Å². The minimum Gasteiger partial charge on any atom is -0.243 e. The van der Waals surface area contributed by atoms with Crippen LogP contribution >= 0.6 is 43.6 Å². The lowest BCUT2D eigenvalue weighted by atomic mass is 9.98. The highest BCUT2D eigenvalue weighted by atomic mass is 79.9. The van der Waals surface area contributed by atoms with Gasteiger partial charge in [-0.05, 0) is 68.7 Å². The van der Waals surface area contributed by atoms with Gasteiger partial charge < -0.3 is 0 Å². The average Bonchev–Trinajstić information content (AvgIpc) is 3.66. The van der Waals surface area contributed by atoms with Crippen LogP contribution in [-0.4, -0.2) is 18.7 Å². The Labute approximate surface area is 328 Å². The van der Waals surface area contributed by atoms with E-state index in [0.717, 1.165) is 66.4 Å². The molecule has 2 aromatic heterocycles. The van der Waals surface area contributed by atoms with Crippen molar-refractivity contribution >= 4 is 65.7 Å². The normalized spacial score (nSPS) is 11.7. The van der Waals surface area contributed by atoms with Crippen molar-refractivity contribution < 1.29 is 0 Å². The molecular formula is C44H58Br2N4S. The van der Waals surface area contributed by atoms with Gasteiger partial charge in [-0.2, -0.15) is 8.75 Å². The van der Waals surface area contributed by atoms with E-state index >= 15 is 0 Å². The maximum Gasteiger partial charge on any atom is 0.122 e. The lowest BCUT2D eigenvalue weighted by molar-refractivity contribution is 0.556. The second-order valence-corrected chi connectivity index (χ2v) is 16.6. The first-order valence-electron chi connectivity index (χ1n) is 20.1. The summed E-state index contributed by atoms with van der Waals surface area (Å²) in [4.78, 5) is 10.6. The van der Waals surface area contributed by atoms with Crippen molar-refractivity contribution in [2.75, 3.05) is 0 Å². The Morgan fingerprint density at radius 2 is 0.725 bits per heavy atom. The Morgan fingerprint density at radius 3 is 1.06 bits per heavy atom. The second kappa shape index (κ2) is 22.1. The van der Waals surface area contributed by atoms with Crippen molar-refractivity contribution in [2.45, 2.75) is 155 Å². The van der Waals surface area contributed by atoms with E-state index < -0.39 is 0 Å². The molecule has 0 radical (unpaired) electrons. The van der Waals surface area contributed by atoms with Gasteiger partial charge >= 0.3 is 0 Å². The Balaban J connectivity index is 1.24. The van der Waals surface area contributed by atoms with E-state index in [1.807, 2.05) is 0 Å². The van der Waals surface area contributed by atoms with E-state index in [1.165, 1.54) is 151 Å². The lowest BCUT2D eigenvalue weighted by Crippen LogP contribution is -1.98. The topological polar surface area (TPSA) is 51.6 Å². The number of benzene rings is 3. The first kappa shape index (κ1) is 40.0. The highest BCUT2D eigenvalue weighted by molar-refractivity contribution is 9.11. The van der Waals surface area contributed by atoms with Gasteiger partial charge in [0.1, 0.15) is 22.1 Å². The molecule has 0 saturated carbocycles. The zero-order valence-electron chi connectivity index (χ0n) is 31.1. The molecular weight excluding hydrogens is 776 g/mol. The number of aryl methyl sites for hydroxylation is 2. The van der Waals surface area contributed by atoms with Gasteiger partial charge in [0.15, 0.2) is 0 Å². The van der Waals surface area contributed by atoms with Crippen LogP contribution in [0.15, 0.2) is 57.5 Å². The second-order valence-electron chi connectivity index (χ2n) is 14.5. The van der Waals surface area contributed by atoms with E-state index in [4.69, 9.17) is 9.97 Å². The summed E-state index contributed by atoms with van der Waals surface area (Å²) in [5, 5.41) is 0. The third-order valence-corrected chi connectivity index (χ3v) is 12.3. The van der Waals surface area contributed by atoms with E-state index in [2.05, 4.69) is 103 Å². The van der Waals surface area contributed by atoms with Crippen molar-refractivity contribution in [2.24, 2.45) is 0 Å². The molecule has 3 aromatic carbocycles. The van der Waals surface area contributed by atoms with Crippen LogP contribution in [0, 0.1) is 0 Å². The molecule has 2 heterocycles. The Bertz CT molecular complexity index is 1620.